The number of anilines is 1. The summed E-state index contributed by atoms with van der Waals surface area (Å²) in [6.45, 7) is 1.81. The second kappa shape index (κ2) is 6.83. The number of amides is 2. The SMILES string of the molecule is COc1cccc(C2=NO[C@H]3C(=O)N(c4cc(Cl)ccc4C)C(=O)[C@@H]23)c1OC. The van der Waals surface area contributed by atoms with E-state index in [1.807, 2.05) is 0 Å². The summed E-state index contributed by atoms with van der Waals surface area (Å²) < 4.78 is 10.8. The maximum Gasteiger partial charge on any atom is 0.278 e. The van der Waals surface area contributed by atoms with Crippen LogP contribution in [0.15, 0.2) is 41.6 Å². The van der Waals surface area contributed by atoms with Crippen LogP contribution in [0.5, 0.6) is 11.5 Å². The molecule has 0 unspecified atom stereocenters. The van der Waals surface area contributed by atoms with Gasteiger partial charge in [-0.3, -0.25) is 9.59 Å². The number of carbonyl (C=O) groups is 2. The zero-order chi connectivity index (χ0) is 20.0. The second-order valence-corrected chi connectivity index (χ2v) is 6.90. The molecule has 8 heteroatoms. The number of carbonyl (C=O) groups excluding carboxylic acids is 2. The Hall–Kier alpha value is -3.06. The fraction of sp³-hybridized carbons (Fsp3) is 0.250. The lowest BCUT2D eigenvalue weighted by molar-refractivity contribution is -0.126. The number of ether oxygens (including phenoxy) is 2. The summed E-state index contributed by atoms with van der Waals surface area (Å²) in [5.74, 6) is -0.842. The molecular formula is C20H17ClN2O5. The van der Waals surface area contributed by atoms with Gasteiger partial charge in [0.25, 0.3) is 5.91 Å². The van der Waals surface area contributed by atoms with Crippen LogP contribution in [0.3, 0.4) is 0 Å². The summed E-state index contributed by atoms with van der Waals surface area (Å²) in [5.41, 5.74) is 2.07. The molecule has 1 saturated heterocycles. The zero-order valence-electron chi connectivity index (χ0n) is 15.4. The molecule has 0 aromatic heterocycles. The first-order valence-electron chi connectivity index (χ1n) is 8.57. The molecule has 4 rings (SSSR count). The van der Waals surface area contributed by atoms with Crippen molar-refractivity contribution < 1.29 is 23.9 Å². The molecule has 144 valence electrons. The van der Waals surface area contributed by atoms with Crippen LogP contribution in [-0.4, -0.2) is 37.8 Å². The number of methoxy groups -OCH3 is 2. The number of hydrogen-bond acceptors (Lipinski definition) is 6. The molecule has 2 aliphatic heterocycles. The van der Waals surface area contributed by atoms with Crippen LogP contribution < -0.4 is 14.4 Å². The van der Waals surface area contributed by atoms with E-state index in [0.717, 1.165) is 10.5 Å². The van der Waals surface area contributed by atoms with Gasteiger partial charge in [0.1, 0.15) is 11.6 Å². The topological polar surface area (TPSA) is 77.4 Å². The number of halogens is 1. The quantitative estimate of drug-likeness (QED) is 0.737. The summed E-state index contributed by atoms with van der Waals surface area (Å²) in [7, 11) is 3.02. The molecule has 2 aliphatic rings. The number of imide groups is 1. The number of fused-ring (bicyclic) bond motifs is 1. The summed E-state index contributed by atoms with van der Waals surface area (Å²) >= 11 is 6.07. The molecule has 2 heterocycles. The number of benzene rings is 2. The number of nitrogens with zero attached hydrogens (tertiary/aromatic N) is 2. The Morgan fingerprint density at radius 3 is 2.61 bits per heavy atom. The predicted octanol–water partition coefficient (Wildman–Crippen LogP) is 2.96. The van der Waals surface area contributed by atoms with E-state index in [1.165, 1.54) is 14.2 Å². The Labute approximate surface area is 166 Å². The van der Waals surface area contributed by atoms with Gasteiger partial charge in [-0.05, 0) is 36.8 Å². The first kappa shape index (κ1) is 18.3. The highest BCUT2D eigenvalue weighted by Crippen LogP contribution is 2.40. The molecule has 2 aromatic rings. The van der Waals surface area contributed by atoms with Crippen LogP contribution in [0.25, 0.3) is 0 Å². The van der Waals surface area contributed by atoms with Crippen LogP contribution in [0, 0.1) is 12.8 Å². The van der Waals surface area contributed by atoms with E-state index in [-0.39, 0.29) is 0 Å². The maximum atomic E-state index is 13.2. The minimum Gasteiger partial charge on any atom is -0.493 e. The van der Waals surface area contributed by atoms with Gasteiger partial charge in [-0.2, -0.15) is 0 Å². The van der Waals surface area contributed by atoms with Crippen molar-refractivity contribution in [1.82, 2.24) is 0 Å². The fourth-order valence-electron chi connectivity index (χ4n) is 3.55. The zero-order valence-corrected chi connectivity index (χ0v) is 16.2. The van der Waals surface area contributed by atoms with Gasteiger partial charge >= 0.3 is 0 Å². The number of aryl methyl sites for hydroxylation is 1. The molecule has 0 N–H and O–H groups in total. The predicted molar refractivity (Wildman–Crippen MR) is 103 cm³/mol. The Kier molecular flexibility index (Phi) is 4.47. The summed E-state index contributed by atoms with van der Waals surface area (Å²) in [5, 5.41) is 4.46. The van der Waals surface area contributed by atoms with Gasteiger partial charge in [-0.1, -0.05) is 28.9 Å². The van der Waals surface area contributed by atoms with E-state index in [1.54, 1.807) is 43.3 Å². The van der Waals surface area contributed by atoms with Crippen LogP contribution in [0.4, 0.5) is 5.69 Å². The molecule has 7 nitrogen and oxygen atoms in total. The van der Waals surface area contributed by atoms with E-state index in [4.69, 9.17) is 25.9 Å². The number of para-hydroxylation sites is 1. The van der Waals surface area contributed by atoms with E-state index in [2.05, 4.69) is 5.16 Å². The molecule has 2 amide bonds. The van der Waals surface area contributed by atoms with E-state index < -0.39 is 23.8 Å². The number of rotatable bonds is 4. The lowest BCUT2D eigenvalue weighted by atomic mass is 9.93. The minimum absolute atomic E-state index is 0.335. The van der Waals surface area contributed by atoms with Gasteiger partial charge in [-0.25, -0.2) is 4.90 Å². The highest BCUT2D eigenvalue weighted by molar-refractivity contribution is 6.34. The molecular weight excluding hydrogens is 384 g/mol. The first-order valence-corrected chi connectivity index (χ1v) is 8.94. The molecule has 0 bridgehead atoms. The number of hydrogen-bond donors (Lipinski definition) is 0. The van der Waals surface area contributed by atoms with Gasteiger partial charge in [-0.15, -0.1) is 0 Å². The maximum absolute atomic E-state index is 13.2. The van der Waals surface area contributed by atoms with Gasteiger partial charge in [0.2, 0.25) is 12.0 Å². The molecule has 2 aromatic carbocycles. The molecule has 0 aliphatic carbocycles. The van der Waals surface area contributed by atoms with Crippen LogP contribution in [-0.2, 0) is 14.4 Å². The van der Waals surface area contributed by atoms with Gasteiger partial charge in [0.15, 0.2) is 11.5 Å². The second-order valence-electron chi connectivity index (χ2n) is 6.46. The van der Waals surface area contributed by atoms with Crippen molar-refractivity contribution in [2.24, 2.45) is 11.1 Å². The fourth-order valence-corrected chi connectivity index (χ4v) is 3.72. The molecule has 1 fully saturated rings. The third kappa shape index (κ3) is 2.62. The lowest BCUT2D eigenvalue weighted by Crippen LogP contribution is -2.33. The Morgan fingerprint density at radius 1 is 1.11 bits per heavy atom. The molecule has 2 atom stereocenters. The third-order valence-corrected chi connectivity index (χ3v) is 5.14. The van der Waals surface area contributed by atoms with E-state index >= 15 is 0 Å². The third-order valence-electron chi connectivity index (χ3n) is 4.90. The van der Waals surface area contributed by atoms with E-state index in [9.17, 15) is 9.59 Å². The monoisotopic (exact) mass is 400 g/mol. The van der Waals surface area contributed by atoms with Crippen molar-refractivity contribution in [2.45, 2.75) is 13.0 Å². The Balaban J connectivity index is 1.77. The van der Waals surface area contributed by atoms with Gasteiger partial charge in [0, 0.05) is 10.6 Å². The first-order chi connectivity index (χ1) is 13.5. The highest BCUT2D eigenvalue weighted by Gasteiger charge is 2.56. The summed E-state index contributed by atoms with van der Waals surface area (Å²) in [6.07, 6.45) is -1.02. The van der Waals surface area contributed by atoms with Crippen LogP contribution in [0.2, 0.25) is 5.02 Å². The van der Waals surface area contributed by atoms with Gasteiger partial charge in [0.05, 0.1) is 19.9 Å². The van der Waals surface area contributed by atoms with Crippen LogP contribution >= 0.6 is 11.6 Å². The molecule has 28 heavy (non-hydrogen) atoms. The van der Waals surface area contributed by atoms with Crippen molar-refractivity contribution in [3.05, 3.63) is 52.5 Å². The van der Waals surface area contributed by atoms with Crippen LogP contribution in [0.1, 0.15) is 11.1 Å². The molecule has 0 radical (unpaired) electrons. The smallest absolute Gasteiger partial charge is 0.278 e. The molecule has 0 saturated carbocycles. The minimum atomic E-state index is -1.02. The lowest BCUT2D eigenvalue weighted by Gasteiger charge is -2.18. The van der Waals surface area contributed by atoms with Crippen molar-refractivity contribution in [3.63, 3.8) is 0 Å². The van der Waals surface area contributed by atoms with E-state index in [0.29, 0.717) is 33.5 Å². The summed E-state index contributed by atoms with van der Waals surface area (Å²) in [6, 6.07) is 10.3. The number of oxime groups is 1. The Morgan fingerprint density at radius 2 is 1.89 bits per heavy atom. The highest BCUT2D eigenvalue weighted by atomic mass is 35.5. The van der Waals surface area contributed by atoms with Crippen molar-refractivity contribution >= 4 is 34.8 Å². The average molecular weight is 401 g/mol. The van der Waals surface area contributed by atoms with Gasteiger partial charge < -0.3 is 14.3 Å². The van der Waals surface area contributed by atoms with Crippen molar-refractivity contribution in [2.75, 3.05) is 19.1 Å². The van der Waals surface area contributed by atoms with Crippen molar-refractivity contribution in [1.29, 1.82) is 0 Å². The van der Waals surface area contributed by atoms with Crippen molar-refractivity contribution in [3.8, 4) is 11.5 Å². The largest absolute Gasteiger partial charge is 0.493 e. The summed E-state index contributed by atoms with van der Waals surface area (Å²) in [4.78, 5) is 32.6. The average Bonchev–Trinajstić information content (AvgIpc) is 3.23. The Bertz CT molecular complexity index is 1020. The molecule has 0 spiro atoms. The standard InChI is InChI=1S/C20H17ClN2O5/c1-10-7-8-11(21)9-13(10)23-19(24)15-16(22-28-18(15)20(23)25)12-5-4-6-14(26-2)17(12)27-3/h4-9,15,18H,1-3H3/t15-,18+/m0/s1. The normalized spacial score (nSPS) is 20.7.